The third-order valence-corrected chi connectivity index (χ3v) is 7.26. The minimum absolute atomic E-state index is 0.242. The lowest BCUT2D eigenvalue weighted by atomic mass is 9.95. The van der Waals surface area contributed by atoms with E-state index >= 15 is 0 Å². The average Bonchev–Trinajstić information content (AvgIpc) is 3.04. The van der Waals surface area contributed by atoms with Crippen LogP contribution in [0.3, 0.4) is 0 Å². The van der Waals surface area contributed by atoms with Gasteiger partial charge < -0.3 is 10.1 Å². The predicted molar refractivity (Wildman–Crippen MR) is 119 cm³/mol. The summed E-state index contributed by atoms with van der Waals surface area (Å²) in [5.41, 5.74) is 2.75. The normalized spacial score (nSPS) is 13.4. The Kier molecular flexibility index (Phi) is 6.82. The number of sulfonamides is 1. The maximum absolute atomic E-state index is 12.8. The van der Waals surface area contributed by atoms with Gasteiger partial charge in [-0.25, -0.2) is 13.2 Å². The topological polar surface area (TPSA) is 92.8 Å². The number of amides is 1. The maximum Gasteiger partial charge on any atom is 0.341 e. The molecule has 30 heavy (non-hydrogen) atoms. The van der Waals surface area contributed by atoms with Crippen LogP contribution in [0.5, 0.6) is 0 Å². The van der Waals surface area contributed by atoms with Crippen molar-refractivity contribution in [1.29, 1.82) is 0 Å². The molecule has 0 saturated heterocycles. The molecule has 1 amide bonds. The summed E-state index contributed by atoms with van der Waals surface area (Å²) >= 11 is 1.38. The van der Waals surface area contributed by atoms with Crippen LogP contribution in [0.1, 0.15) is 46.1 Å². The van der Waals surface area contributed by atoms with Crippen LogP contribution < -0.4 is 9.62 Å². The molecular weight excluding hydrogens is 424 g/mol. The summed E-state index contributed by atoms with van der Waals surface area (Å²) in [4.78, 5) is 26.4. The van der Waals surface area contributed by atoms with Crippen molar-refractivity contribution < 1.29 is 22.7 Å². The Morgan fingerprint density at radius 1 is 1.17 bits per heavy atom. The minimum atomic E-state index is -3.67. The van der Waals surface area contributed by atoms with Crippen LogP contribution in [0, 0.1) is 6.92 Å². The standard InChI is InChI=1S/C21H26N2O5S2/c1-4-28-21(25)19-16-7-5-6-8-17(16)29-20(19)22-18(24)13-23(30(3,26)27)15-11-9-14(2)10-12-15/h9-12H,4-8,13H2,1-3H3,(H,22,24). The van der Waals surface area contributed by atoms with Crippen LogP contribution in [0.2, 0.25) is 0 Å². The zero-order chi connectivity index (χ0) is 21.9. The highest BCUT2D eigenvalue weighted by atomic mass is 32.2. The van der Waals surface area contributed by atoms with Crippen molar-refractivity contribution in [2.75, 3.05) is 29.0 Å². The third-order valence-electron chi connectivity index (χ3n) is 4.91. The highest BCUT2D eigenvalue weighted by Crippen LogP contribution is 2.38. The van der Waals surface area contributed by atoms with Gasteiger partial charge in [-0.2, -0.15) is 0 Å². The van der Waals surface area contributed by atoms with E-state index in [0.29, 0.717) is 16.3 Å². The number of benzene rings is 1. The van der Waals surface area contributed by atoms with Crippen molar-refractivity contribution in [3.8, 4) is 0 Å². The molecule has 0 fully saturated rings. The largest absolute Gasteiger partial charge is 0.462 e. The van der Waals surface area contributed by atoms with E-state index in [1.165, 1.54) is 11.3 Å². The van der Waals surface area contributed by atoms with Gasteiger partial charge in [0, 0.05) is 4.88 Å². The fourth-order valence-corrected chi connectivity index (χ4v) is 5.63. The summed E-state index contributed by atoms with van der Waals surface area (Å²) in [6, 6.07) is 6.91. The highest BCUT2D eigenvalue weighted by Gasteiger charge is 2.28. The lowest BCUT2D eigenvalue weighted by Crippen LogP contribution is -2.37. The van der Waals surface area contributed by atoms with Crippen molar-refractivity contribution in [2.24, 2.45) is 0 Å². The number of hydrogen-bond donors (Lipinski definition) is 1. The van der Waals surface area contributed by atoms with Crippen molar-refractivity contribution >= 4 is 43.9 Å². The Hall–Kier alpha value is -2.39. The van der Waals surface area contributed by atoms with Crippen molar-refractivity contribution in [2.45, 2.75) is 39.5 Å². The minimum Gasteiger partial charge on any atom is -0.462 e. The summed E-state index contributed by atoms with van der Waals surface area (Å²) < 4.78 is 30.9. The fourth-order valence-electron chi connectivity index (χ4n) is 3.48. The van der Waals surface area contributed by atoms with E-state index in [2.05, 4.69) is 5.32 Å². The molecule has 0 atom stereocenters. The second kappa shape index (κ2) is 9.18. The molecule has 1 aromatic heterocycles. The van der Waals surface area contributed by atoms with Crippen LogP contribution >= 0.6 is 11.3 Å². The van der Waals surface area contributed by atoms with Gasteiger partial charge >= 0.3 is 5.97 Å². The quantitative estimate of drug-likeness (QED) is 0.652. The van der Waals surface area contributed by atoms with Gasteiger partial charge in [-0.05, 0) is 57.2 Å². The van der Waals surface area contributed by atoms with Crippen LogP contribution in [0.15, 0.2) is 24.3 Å². The molecule has 1 heterocycles. The van der Waals surface area contributed by atoms with E-state index in [1.807, 2.05) is 6.92 Å². The van der Waals surface area contributed by atoms with Gasteiger partial charge in [0.2, 0.25) is 15.9 Å². The molecule has 1 aliphatic rings. The fraction of sp³-hybridized carbons (Fsp3) is 0.429. The number of fused-ring (bicyclic) bond motifs is 1. The number of nitrogens with one attached hydrogen (secondary N) is 1. The van der Waals surface area contributed by atoms with E-state index in [-0.39, 0.29) is 13.2 Å². The smallest absolute Gasteiger partial charge is 0.341 e. The Balaban J connectivity index is 1.86. The van der Waals surface area contributed by atoms with E-state index < -0.39 is 21.9 Å². The first-order valence-electron chi connectivity index (χ1n) is 9.86. The van der Waals surface area contributed by atoms with Crippen LogP contribution in [-0.2, 0) is 32.4 Å². The van der Waals surface area contributed by atoms with Crippen molar-refractivity contribution in [3.63, 3.8) is 0 Å². The van der Waals surface area contributed by atoms with E-state index in [0.717, 1.165) is 52.2 Å². The van der Waals surface area contributed by atoms with Crippen LogP contribution in [0.4, 0.5) is 10.7 Å². The summed E-state index contributed by atoms with van der Waals surface area (Å²) in [5, 5.41) is 3.20. The van der Waals surface area contributed by atoms with Crippen LogP contribution in [-0.4, -0.2) is 39.7 Å². The van der Waals surface area contributed by atoms with Gasteiger partial charge in [-0.15, -0.1) is 11.3 Å². The number of rotatable bonds is 7. The molecule has 2 aromatic rings. The molecule has 0 unspecified atom stereocenters. The second-order valence-electron chi connectivity index (χ2n) is 7.29. The Labute approximate surface area is 181 Å². The highest BCUT2D eigenvalue weighted by molar-refractivity contribution is 7.92. The number of carbonyl (C=O) groups excluding carboxylic acids is 2. The molecule has 0 saturated carbocycles. The van der Waals surface area contributed by atoms with Gasteiger partial charge in [0.05, 0.1) is 24.1 Å². The summed E-state index contributed by atoms with van der Waals surface area (Å²) in [7, 11) is -3.67. The lowest BCUT2D eigenvalue weighted by Gasteiger charge is -2.22. The van der Waals surface area contributed by atoms with E-state index in [4.69, 9.17) is 4.74 Å². The number of aryl methyl sites for hydroxylation is 2. The zero-order valence-corrected chi connectivity index (χ0v) is 19.0. The molecule has 0 spiro atoms. The number of carbonyl (C=O) groups is 2. The molecule has 0 radical (unpaired) electrons. The molecule has 1 aliphatic carbocycles. The lowest BCUT2D eigenvalue weighted by molar-refractivity contribution is -0.114. The first kappa shape index (κ1) is 22.3. The second-order valence-corrected chi connectivity index (χ2v) is 10.3. The molecule has 9 heteroatoms. The maximum atomic E-state index is 12.8. The number of ether oxygens (including phenoxy) is 1. The van der Waals surface area contributed by atoms with Gasteiger partial charge in [-0.1, -0.05) is 17.7 Å². The van der Waals surface area contributed by atoms with E-state index in [9.17, 15) is 18.0 Å². The van der Waals surface area contributed by atoms with E-state index in [1.54, 1.807) is 31.2 Å². The first-order chi connectivity index (χ1) is 14.2. The number of thiophene rings is 1. The molecule has 3 rings (SSSR count). The monoisotopic (exact) mass is 450 g/mol. The molecule has 7 nitrogen and oxygen atoms in total. The molecule has 162 valence electrons. The van der Waals surface area contributed by atoms with Crippen molar-refractivity contribution in [1.82, 2.24) is 0 Å². The first-order valence-corrected chi connectivity index (χ1v) is 12.5. The number of hydrogen-bond acceptors (Lipinski definition) is 6. The number of anilines is 2. The predicted octanol–water partition coefficient (Wildman–Crippen LogP) is 3.52. The number of nitrogens with zero attached hydrogens (tertiary/aromatic N) is 1. The zero-order valence-electron chi connectivity index (χ0n) is 17.4. The Morgan fingerprint density at radius 2 is 1.83 bits per heavy atom. The average molecular weight is 451 g/mol. The summed E-state index contributed by atoms with van der Waals surface area (Å²) in [6.07, 6.45) is 4.72. The molecular formula is C21H26N2O5S2. The third kappa shape index (κ3) is 5.02. The van der Waals surface area contributed by atoms with Gasteiger partial charge in [0.15, 0.2) is 0 Å². The number of esters is 1. The molecule has 0 bridgehead atoms. The molecule has 1 N–H and O–H groups in total. The SMILES string of the molecule is CCOC(=O)c1c(NC(=O)CN(c2ccc(C)cc2)S(C)(=O)=O)sc2c1CCCC2. The van der Waals surface area contributed by atoms with Crippen LogP contribution in [0.25, 0.3) is 0 Å². The Morgan fingerprint density at radius 3 is 2.47 bits per heavy atom. The van der Waals surface area contributed by atoms with Gasteiger partial charge in [-0.3, -0.25) is 9.10 Å². The van der Waals surface area contributed by atoms with Crippen molar-refractivity contribution in [3.05, 3.63) is 45.8 Å². The Bertz CT molecular complexity index is 1040. The van der Waals surface area contributed by atoms with Gasteiger partial charge in [0.1, 0.15) is 11.5 Å². The molecule has 0 aliphatic heterocycles. The van der Waals surface area contributed by atoms with Gasteiger partial charge in [0.25, 0.3) is 0 Å². The molecule has 1 aromatic carbocycles. The summed E-state index contributed by atoms with van der Waals surface area (Å²) in [6.45, 7) is 3.50. The summed E-state index contributed by atoms with van der Waals surface area (Å²) in [5.74, 6) is -0.962.